The molecule has 1 aromatic heterocycles. The smallest absolute Gasteiger partial charge is 0.255 e. The number of hydrogen-bond donors (Lipinski definition) is 2. The van der Waals surface area contributed by atoms with E-state index in [1.807, 2.05) is 12.1 Å². The van der Waals surface area contributed by atoms with Gasteiger partial charge >= 0.3 is 0 Å². The molecule has 1 saturated heterocycles. The van der Waals surface area contributed by atoms with Crippen LogP contribution in [-0.4, -0.2) is 42.0 Å². The van der Waals surface area contributed by atoms with Crippen LogP contribution in [-0.2, 0) is 0 Å². The summed E-state index contributed by atoms with van der Waals surface area (Å²) < 4.78 is 11.6. The molecule has 0 radical (unpaired) electrons. The maximum atomic E-state index is 12.7. The van der Waals surface area contributed by atoms with E-state index in [2.05, 4.69) is 15.2 Å². The normalized spacial score (nSPS) is 18.0. The van der Waals surface area contributed by atoms with E-state index < -0.39 is 0 Å². The molecule has 144 valence electrons. The molecule has 2 aliphatic rings. The minimum atomic E-state index is -0.190. The summed E-state index contributed by atoms with van der Waals surface area (Å²) in [4.78, 5) is 19.5. The number of carbonyl (C=O) groups excluding carboxylic acids is 1. The molecule has 0 aliphatic carbocycles. The van der Waals surface area contributed by atoms with E-state index in [1.54, 1.807) is 35.6 Å². The number of fused-ring (bicyclic) bond motifs is 2. The van der Waals surface area contributed by atoms with E-state index >= 15 is 0 Å². The van der Waals surface area contributed by atoms with Crippen LogP contribution >= 0.6 is 11.3 Å². The lowest BCUT2D eigenvalue weighted by molar-refractivity contribution is 0.102. The van der Waals surface area contributed by atoms with Gasteiger partial charge in [-0.3, -0.25) is 4.79 Å². The van der Waals surface area contributed by atoms with Gasteiger partial charge < -0.3 is 24.8 Å². The molecule has 28 heavy (non-hydrogen) atoms. The zero-order valence-electron chi connectivity index (χ0n) is 15.1. The van der Waals surface area contributed by atoms with Crippen molar-refractivity contribution in [2.45, 2.75) is 18.9 Å². The first-order chi connectivity index (χ1) is 13.7. The molecular formula is C20H19N3O4S. The van der Waals surface area contributed by atoms with Crippen molar-refractivity contribution in [1.82, 2.24) is 4.98 Å². The third-order valence-electron chi connectivity index (χ3n) is 5.10. The minimum Gasteiger partial charge on any atom is -0.454 e. The number of rotatable bonds is 4. The molecule has 5 rings (SSSR count). The van der Waals surface area contributed by atoms with Crippen LogP contribution in [0.3, 0.4) is 0 Å². The molecule has 0 bridgehead atoms. The quantitative estimate of drug-likeness (QED) is 0.703. The average Bonchev–Trinajstić information content (AvgIpc) is 3.44. The van der Waals surface area contributed by atoms with Gasteiger partial charge in [0, 0.05) is 23.9 Å². The van der Waals surface area contributed by atoms with Crippen LogP contribution in [0.5, 0.6) is 11.5 Å². The second-order valence-electron chi connectivity index (χ2n) is 6.87. The summed E-state index contributed by atoms with van der Waals surface area (Å²) in [6.45, 7) is 1.24. The third-order valence-corrected chi connectivity index (χ3v) is 6.16. The summed E-state index contributed by atoms with van der Waals surface area (Å²) in [5.74, 6) is 1.12. The Kier molecular flexibility index (Phi) is 4.29. The van der Waals surface area contributed by atoms with Gasteiger partial charge in [-0.15, -0.1) is 0 Å². The van der Waals surface area contributed by atoms with Crippen molar-refractivity contribution in [2.24, 2.45) is 0 Å². The molecule has 1 amide bonds. The highest BCUT2D eigenvalue weighted by molar-refractivity contribution is 7.22. The van der Waals surface area contributed by atoms with Gasteiger partial charge in [0.2, 0.25) is 6.79 Å². The predicted octanol–water partition coefficient (Wildman–Crippen LogP) is 3.24. The summed E-state index contributed by atoms with van der Waals surface area (Å²) in [7, 11) is 0. The van der Waals surface area contributed by atoms with E-state index in [0.717, 1.165) is 34.7 Å². The molecule has 1 unspecified atom stereocenters. The summed E-state index contributed by atoms with van der Waals surface area (Å²) >= 11 is 1.55. The number of ether oxygens (including phenoxy) is 2. The zero-order chi connectivity index (χ0) is 19.1. The highest BCUT2D eigenvalue weighted by atomic mass is 32.1. The lowest BCUT2D eigenvalue weighted by Gasteiger charge is -2.21. The molecule has 3 heterocycles. The van der Waals surface area contributed by atoms with Crippen molar-refractivity contribution in [3.8, 4) is 11.5 Å². The van der Waals surface area contributed by atoms with Gasteiger partial charge in [0.1, 0.15) is 0 Å². The van der Waals surface area contributed by atoms with Crippen LogP contribution in [0.1, 0.15) is 23.2 Å². The zero-order valence-corrected chi connectivity index (χ0v) is 15.9. The molecule has 2 aromatic carbocycles. The van der Waals surface area contributed by atoms with Crippen LogP contribution < -0.4 is 19.7 Å². The lowest BCUT2D eigenvalue weighted by atomic mass is 10.2. The molecule has 0 saturated carbocycles. The monoisotopic (exact) mass is 397 g/mol. The topological polar surface area (TPSA) is 83.9 Å². The van der Waals surface area contributed by atoms with Crippen molar-refractivity contribution in [3.63, 3.8) is 0 Å². The van der Waals surface area contributed by atoms with Crippen LogP contribution in [0.2, 0.25) is 0 Å². The number of aliphatic hydroxyl groups is 1. The first-order valence-corrected chi connectivity index (χ1v) is 10.0. The lowest BCUT2D eigenvalue weighted by Crippen LogP contribution is -2.31. The Bertz CT molecular complexity index is 1050. The van der Waals surface area contributed by atoms with E-state index in [4.69, 9.17) is 9.47 Å². The Labute approximate surface area is 165 Å². The van der Waals surface area contributed by atoms with Gasteiger partial charge in [0.15, 0.2) is 16.6 Å². The first-order valence-electron chi connectivity index (χ1n) is 9.20. The van der Waals surface area contributed by atoms with Crippen LogP contribution in [0.4, 0.5) is 10.8 Å². The summed E-state index contributed by atoms with van der Waals surface area (Å²) in [5.41, 5.74) is 2.09. The van der Waals surface area contributed by atoms with Crippen molar-refractivity contribution < 1.29 is 19.4 Å². The standard InChI is InChI=1S/C20H19N3O4S/c24-10-14-2-1-7-23(14)20-22-15-5-3-12(8-18(15)28-20)19(25)21-13-4-6-16-17(9-13)27-11-26-16/h3-6,8-9,14,24H,1-2,7,10-11H2,(H,21,25). The first kappa shape index (κ1) is 17.3. The fraction of sp³-hybridized carbons (Fsp3) is 0.300. The van der Waals surface area contributed by atoms with Gasteiger partial charge in [-0.2, -0.15) is 0 Å². The number of nitrogens with one attached hydrogen (secondary N) is 1. The van der Waals surface area contributed by atoms with Gasteiger partial charge in [0.25, 0.3) is 5.91 Å². The molecule has 2 aliphatic heterocycles. The number of benzene rings is 2. The Morgan fingerprint density at radius 1 is 1.25 bits per heavy atom. The fourth-order valence-electron chi connectivity index (χ4n) is 3.63. The number of anilines is 2. The summed E-state index contributed by atoms with van der Waals surface area (Å²) in [5, 5.41) is 13.4. The van der Waals surface area contributed by atoms with E-state index in [-0.39, 0.29) is 25.3 Å². The number of nitrogens with zero attached hydrogens (tertiary/aromatic N) is 2. The Morgan fingerprint density at radius 2 is 2.14 bits per heavy atom. The molecule has 0 spiro atoms. The van der Waals surface area contributed by atoms with Crippen LogP contribution in [0.15, 0.2) is 36.4 Å². The Balaban J connectivity index is 1.37. The number of hydrogen-bond acceptors (Lipinski definition) is 7. The number of amides is 1. The number of aliphatic hydroxyl groups excluding tert-OH is 1. The van der Waals surface area contributed by atoms with Gasteiger partial charge in [0.05, 0.1) is 22.9 Å². The molecule has 3 aromatic rings. The fourth-order valence-corrected chi connectivity index (χ4v) is 4.73. The second kappa shape index (κ2) is 6.96. The van der Waals surface area contributed by atoms with Crippen LogP contribution in [0, 0.1) is 0 Å². The van der Waals surface area contributed by atoms with Crippen molar-refractivity contribution in [1.29, 1.82) is 0 Å². The third kappa shape index (κ3) is 3.04. The van der Waals surface area contributed by atoms with Crippen LogP contribution in [0.25, 0.3) is 10.2 Å². The number of thiazole rings is 1. The Morgan fingerprint density at radius 3 is 3.04 bits per heavy atom. The second-order valence-corrected chi connectivity index (χ2v) is 7.88. The van der Waals surface area contributed by atoms with Crippen molar-refractivity contribution >= 4 is 38.3 Å². The number of aromatic nitrogens is 1. The van der Waals surface area contributed by atoms with Crippen molar-refractivity contribution in [2.75, 3.05) is 30.2 Å². The maximum Gasteiger partial charge on any atom is 0.255 e. The molecule has 8 heteroatoms. The minimum absolute atomic E-state index is 0.134. The van der Waals surface area contributed by atoms with Gasteiger partial charge in [-0.25, -0.2) is 4.98 Å². The predicted molar refractivity (Wildman–Crippen MR) is 108 cm³/mol. The SMILES string of the molecule is O=C(Nc1ccc2c(c1)OCO2)c1ccc2nc(N3CCCC3CO)sc2c1. The number of carbonyl (C=O) groups is 1. The molecule has 2 N–H and O–H groups in total. The Hall–Kier alpha value is -2.84. The van der Waals surface area contributed by atoms with Gasteiger partial charge in [-0.05, 0) is 43.2 Å². The molecule has 7 nitrogen and oxygen atoms in total. The van der Waals surface area contributed by atoms with E-state index in [9.17, 15) is 9.90 Å². The molecule has 1 atom stereocenters. The van der Waals surface area contributed by atoms with Crippen molar-refractivity contribution in [3.05, 3.63) is 42.0 Å². The van der Waals surface area contributed by atoms with E-state index in [1.165, 1.54) is 0 Å². The summed E-state index contributed by atoms with van der Waals surface area (Å²) in [6.07, 6.45) is 2.04. The molecule has 1 fully saturated rings. The largest absolute Gasteiger partial charge is 0.454 e. The average molecular weight is 397 g/mol. The van der Waals surface area contributed by atoms with E-state index in [0.29, 0.717) is 22.7 Å². The molecular weight excluding hydrogens is 378 g/mol. The van der Waals surface area contributed by atoms with Gasteiger partial charge in [-0.1, -0.05) is 11.3 Å². The highest BCUT2D eigenvalue weighted by Crippen LogP contribution is 2.35. The highest BCUT2D eigenvalue weighted by Gasteiger charge is 2.26. The summed E-state index contributed by atoms with van der Waals surface area (Å²) in [6, 6.07) is 11.0. The maximum absolute atomic E-state index is 12.7.